The number of hydrogen-bond donors (Lipinski definition) is 1. The normalized spacial score (nSPS) is 10.1. The molecule has 134 valence electrons. The van der Waals surface area contributed by atoms with Gasteiger partial charge in [0.1, 0.15) is 0 Å². The number of ether oxygens (including phenoxy) is 1. The van der Waals surface area contributed by atoms with Crippen molar-refractivity contribution in [3.05, 3.63) is 71.5 Å². The van der Waals surface area contributed by atoms with Crippen LogP contribution in [-0.4, -0.2) is 33.5 Å². The van der Waals surface area contributed by atoms with Crippen molar-refractivity contribution in [2.45, 2.75) is 6.92 Å². The van der Waals surface area contributed by atoms with Crippen LogP contribution >= 0.6 is 0 Å². The van der Waals surface area contributed by atoms with E-state index < -0.39 is 18.5 Å². The van der Waals surface area contributed by atoms with Crippen LogP contribution in [0.5, 0.6) is 0 Å². The fourth-order valence-electron chi connectivity index (χ4n) is 2.27. The molecular formula is C19H15N5O3. The van der Waals surface area contributed by atoms with Crippen molar-refractivity contribution in [3.63, 3.8) is 0 Å². The molecule has 0 radical (unpaired) electrons. The molecular weight excluding hydrogens is 346 g/mol. The lowest BCUT2D eigenvalue weighted by atomic mass is 10.2. The Morgan fingerprint density at radius 3 is 2.48 bits per heavy atom. The van der Waals surface area contributed by atoms with Crippen LogP contribution in [0.2, 0.25) is 0 Å². The van der Waals surface area contributed by atoms with E-state index in [-0.39, 0.29) is 5.69 Å². The first-order chi connectivity index (χ1) is 13.1. The molecule has 3 aromatic rings. The Hall–Kier alpha value is -3.99. The predicted molar refractivity (Wildman–Crippen MR) is 96.2 cm³/mol. The molecule has 0 unspecified atom stereocenters. The summed E-state index contributed by atoms with van der Waals surface area (Å²) in [4.78, 5) is 25.5. The topological polar surface area (TPSA) is 110 Å². The fraction of sp³-hybridized carbons (Fsp3) is 0.105. The van der Waals surface area contributed by atoms with Crippen LogP contribution in [0.1, 0.15) is 21.7 Å². The van der Waals surface area contributed by atoms with E-state index in [9.17, 15) is 9.59 Å². The average Bonchev–Trinajstić information content (AvgIpc) is 3.09. The summed E-state index contributed by atoms with van der Waals surface area (Å²) in [6.07, 6.45) is 0. The van der Waals surface area contributed by atoms with E-state index in [4.69, 9.17) is 10.00 Å². The van der Waals surface area contributed by atoms with Crippen molar-refractivity contribution in [2.75, 3.05) is 11.9 Å². The number of aryl methyl sites for hydroxylation is 1. The first-order valence-corrected chi connectivity index (χ1v) is 8.03. The largest absolute Gasteiger partial charge is 0.451 e. The standard InChI is InChI=1S/C19H15N5O3/c1-13-18(23-24(22-13)16-5-3-2-4-6-16)19(26)27-12-17(25)21-15-9-7-14(11-20)8-10-15/h2-10H,12H2,1H3,(H,21,25). The molecule has 0 aliphatic rings. The Morgan fingerprint density at radius 1 is 1.11 bits per heavy atom. The number of esters is 1. The lowest BCUT2D eigenvalue weighted by Crippen LogP contribution is -2.21. The summed E-state index contributed by atoms with van der Waals surface area (Å²) in [5, 5.41) is 19.7. The van der Waals surface area contributed by atoms with Crippen LogP contribution in [0, 0.1) is 18.3 Å². The number of nitrogens with one attached hydrogen (secondary N) is 1. The first kappa shape index (κ1) is 17.8. The third kappa shape index (κ3) is 4.35. The van der Waals surface area contributed by atoms with Gasteiger partial charge in [-0.1, -0.05) is 18.2 Å². The average molecular weight is 361 g/mol. The Morgan fingerprint density at radius 2 is 1.81 bits per heavy atom. The summed E-state index contributed by atoms with van der Waals surface area (Å²) in [6.45, 7) is 1.18. The lowest BCUT2D eigenvalue weighted by Gasteiger charge is -2.05. The van der Waals surface area contributed by atoms with Gasteiger partial charge in [0.05, 0.1) is 23.0 Å². The van der Waals surface area contributed by atoms with Gasteiger partial charge < -0.3 is 10.1 Å². The molecule has 2 aromatic carbocycles. The minimum Gasteiger partial charge on any atom is -0.451 e. The maximum Gasteiger partial charge on any atom is 0.361 e. The summed E-state index contributed by atoms with van der Waals surface area (Å²) in [7, 11) is 0. The summed E-state index contributed by atoms with van der Waals surface area (Å²) < 4.78 is 5.02. The van der Waals surface area contributed by atoms with Gasteiger partial charge in [-0.05, 0) is 43.3 Å². The highest BCUT2D eigenvalue weighted by atomic mass is 16.5. The molecule has 8 nitrogen and oxygen atoms in total. The molecule has 0 fully saturated rings. The first-order valence-electron chi connectivity index (χ1n) is 8.03. The van der Waals surface area contributed by atoms with Crippen LogP contribution in [-0.2, 0) is 9.53 Å². The lowest BCUT2D eigenvalue weighted by molar-refractivity contribution is -0.119. The summed E-state index contributed by atoms with van der Waals surface area (Å²) in [5.74, 6) is -1.23. The summed E-state index contributed by atoms with van der Waals surface area (Å²) in [6, 6.07) is 17.5. The van der Waals surface area contributed by atoms with Gasteiger partial charge in [0, 0.05) is 5.69 Å². The SMILES string of the molecule is Cc1nn(-c2ccccc2)nc1C(=O)OCC(=O)Nc1ccc(C#N)cc1. The molecule has 0 saturated heterocycles. The quantitative estimate of drug-likeness (QED) is 0.698. The van der Waals surface area contributed by atoms with E-state index in [2.05, 4.69) is 15.5 Å². The highest BCUT2D eigenvalue weighted by Crippen LogP contribution is 2.10. The third-order valence-corrected chi connectivity index (χ3v) is 3.59. The van der Waals surface area contributed by atoms with Gasteiger partial charge in [-0.3, -0.25) is 4.79 Å². The van der Waals surface area contributed by atoms with Crippen LogP contribution < -0.4 is 5.32 Å². The minimum atomic E-state index is -0.732. The number of aromatic nitrogens is 3. The van der Waals surface area contributed by atoms with Gasteiger partial charge in [0.2, 0.25) is 0 Å². The highest BCUT2D eigenvalue weighted by molar-refractivity contribution is 5.95. The van der Waals surface area contributed by atoms with E-state index in [1.807, 2.05) is 24.3 Å². The predicted octanol–water partition coefficient (Wildman–Crippen LogP) is 2.24. The van der Waals surface area contributed by atoms with Crippen molar-refractivity contribution >= 4 is 17.6 Å². The highest BCUT2D eigenvalue weighted by Gasteiger charge is 2.19. The van der Waals surface area contributed by atoms with Crippen LogP contribution in [0.25, 0.3) is 5.69 Å². The zero-order chi connectivity index (χ0) is 19.2. The molecule has 8 heteroatoms. The molecule has 27 heavy (non-hydrogen) atoms. The Labute approximate surface area is 155 Å². The molecule has 1 heterocycles. The molecule has 0 atom stereocenters. The van der Waals surface area contributed by atoms with Crippen LogP contribution in [0.15, 0.2) is 54.6 Å². The molecule has 3 rings (SSSR count). The molecule has 0 aliphatic carbocycles. The number of hydrogen-bond acceptors (Lipinski definition) is 6. The van der Waals surface area contributed by atoms with Crippen molar-refractivity contribution in [1.82, 2.24) is 15.0 Å². The molecule has 0 spiro atoms. The second kappa shape index (κ2) is 7.93. The number of anilines is 1. The van der Waals surface area contributed by atoms with E-state index in [1.54, 1.807) is 43.3 Å². The van der Waals surface area contributed by atoms with E-state index >= 15 is 0 Å². The van der Waals surface area contributed by atoms with Crippen molar-refractivity contribution in [2.24, 2.45) is 0 Å². The van der Waals surface area contributed by atoms with E-state index in [1.165, 1.54) is 4.80 Å². The Kier molecular flexibility index (Phi) is 5.23. The number of rotatable bonds is 5. The van der Waals surface area contributed by atoms with Gasteiger partial charge in [0.15, 0.2) is 12.3 Å². The number of nitrogens with zero attached hydrogens (tertiary/aromatic N) is 4. The number of carbonyl (C=O) groups is 2. The van der Waals surface area contributed by atoms with Gasteiger partial charge in [-0.2, -0.15) is 15.2 Å². The molecule has 0 aliphatic heterocycles. The molecule has 1 aromatic heterocycles. The second-order valence-electron chi connectivity index (χ2n) is 5.57. The summed E-state index contributed by atoms with van der Waals surface area (Å²) >= 11 is 0. The second-order valence-corrected chi connectivity index (χ2v) is 5.57. The number of carbonyl (C=O) groups excluding carboxylic acids is 2. The Bertz CT molecular complexity index is 1000. The van der Waals surface area contributed by atoms with Crippen molar-refractivity contribution < 1.29 is 14.3 Å². The smallest absolute Gasteiger partial charge is 0.361 e. The van der Waals surface area contributed by atoms with Crippen molar-refractivity contribution in [1.29, 1.82) is 5.26 Å². The maximum atomic E-state index is 12.2. The molecule has 0 bridgehead atoms. The van der Waals surface area contributed by atoms with E-state index in [0.717, 1.165) is 0 Å². The van der Waals surface area contributed by atoms with E-state index in [0.29, 0.717) is 22.6 Å². The van der Waals surface area contributed by atoms with Crippen LogP contribution in [0.4, 0.5) is 5.69 Å². The molecule has 0 saturated carbocycles. The Balaban J connectivity index is 1.59. The van der Waals surface area contributed by atoms with Crippen molar-refractivity contribution in [3.8, 4) is 11.8 Å². The van der Waals surface area contributed by atoms with Gasteiger partial charge in [-0.25, -0.2) is 4.79 Å². The fourth-order valence-corrected chi connectivity index (χ4v) is 2.27. The summed E-state index contributed by atoms with van der Waals surface area (Å²) in [5.41, 5.74) is 2.14. The number of para-hydroxylation sites is 1. The number of nitriles is 1. The third-order valence-electron chi connectivity index (χ3n) is 3.59. The van der Waals surface area contributed by atoms with Gasteiger partial charge >= 0.3 is 5.97 Å². The van der Waals surface area contributed by atoms with Crippen LogP contribution in [0.3, 0.4) is 0 Å². The van der Waals surface area contributed by atoms with Gasteiger partial charge in [0.25, 0.3) is 5.91 Å². The monoisotopic (exact) mass is 361 g/mol. The minimum absolute atomic E-state index is 0.0463. The zero-order valence-corrected chi connectivity index (χ0v) is 14.4. The number of amides is 1. The number of benzene rings is 2. The maximum absolute atomic E-state index is 12.2. The zero-order valence-electron chi connectivity index (χ0n) is 14.4. The molecule has 1 amide bonds. The molecule has 1 N–H and O–H groups in total. The van der Waals surface area contributed by atoms with Gasteiger partial charge in [-0.15, -0.1) is 5.10 Å².